The van der Waals surface area contributed by atoms with Crippen molar-refractivity contribution in [2.75, 3.05) is 25.5 Å². The van der Waals surface area contributed by atoms with Crippen molar-refractivity contribution in [3.8, 4) is 5.69 Å². The standard InChI is InChI=1S/C16H21FN4OS/c17-13-3-1-2-4-14(13)21-15(5-8-18)19-20-16(21)23-10-7-12-6-9-22-11-12/h1-4,12H,5-11,18H2. The molecular formula is C16H21FN4OS. The Labute approximate surface area is 139 Å². The summed E-state index contributed by atoms with van der Waals surface area (Å²) >= 11 is 1.61. The third kappa shape index (κ3) is 3.91. The van der Waals surface area contributed by atoms with Crippen LogP contribution in [0.1, 0.15) is 18.7 Å². The summed E-state index contributed by atoms with van der Waals surface area (Å²) in [4.78, 5) is 0. The van der Waals surface area contributed by atoms with Gasteiger partial charge in [-0.25, -0.2) is 4.39 Å². The van der Waals surface area contributed by atoms with Crippen molar-refractivity contribution in [1.82, 2.24) is 14.8 Å². The molecule has 0 saturated carbocycles. The molecule has 1 unspecified atom stereocenters. The van der Waals surface area contributed by atoms with Crippen molar-refractivity contribution in [2.24, 2.45) is 11.7 Å². The van der Waals surface area contributed by atoms with Crippen LogP contribution in [-0.2, 0) is 11.2 Å². The van der Waals surface area contributed by atoms with E-state index in [1.165, 1.54) is 6.07 Å². The molecule has 124 valence electrons. The Bertz CT molecular complexity index is 643. The van der Waals surface area contributed by atoms with Gasteiger partial charge in [-0.1, -0.05) is 23.9 Å². The highest BCUT2D eigenvalue weighted by Crippen LogP contribution is 2.26. The van der Waals surface area contributed by atoms with Crippen LogP contribution in [0.4, 0.5) is 4.39 Å². The molecule has 1 atom stereocenters. The summed E-state index contributed by atoms with van der Waals surface area (Å²) in [6.07, 6.45) is 2.76. The van der Waals surface area contributed by atoms with Crippen molar-refractivity contribution in [3.63, 3.8) is 0 Å². The van der Waals surface area contributed by atoms with E-state index >= 15 is 0 Å². The van der Waals surface area contributed by atoms with Crippen LogP contribution in [0.2, 0.25) is 0 Å². The largest absolute Gasteiger partial charge is 0.381 e. The zero-order chi connectivity index (χ0) is 16.1. The van der Waals surface area contributed by atoms with E-state index < -0.39 is 0 Å². The summed E-state index contributed by atoms with van der Waals surface area (Å²) < 4.78 is 21.4. The molecule has 0 amide bonds. The highest BCUT2D eigenvalue weighted by molar-refractivity contribution is 7.99. The summed E-state index contributed by atoms with van der Waals surface area (Å²) in [5.74, 6) is 1.96. The van der Waals surface area contributed by atoms with Crippen molar-refractivity contribution in [1.29, 1.82) is 0 Å². The van der Waals surface area contributed by atoms with Crippen molar-refractivity contribution >= 4 is 11.8 Å². The van der Waals surface area contributed by atoms with Crippen molar-refractivity contribution in [3.05, 3.63) is 35.9 Å². The van der Waals surface area contributed by atoms with Crippen LogP contribution in [0.25, 0.3) is 5.69 Å². The molecule has 5 nitrogen and oxygen atoms in total. The molecular weight excluding hydrogens is 315 g/mol. The Morgan fingerprint density at radius 3 is 2.96 bits per heavy atom. The minimum atomic E-state index is -0.281. The lowest BCUT2D eigenvalue weighted by Gasteiger charge is -2.11. The molecule has 2 N–H and O–H groups in total. The van der Waals surface area contributed by atoms with Crippen LogP contribution < -0.4 is 5.73 Å². The maximum absolute atomic E-state index is 14.2. The number of para-hydroxylation sites is 1. The Morgan fingerprint density at radius 1 is 1.35 bits per heavy atom. The lowest BCUT2D eigenvalue weighted by Crippen LogP contribution is -2.11. The summed E-state index contributed by atoms with van der Waals surface area (Å²) in [6, 6.07) is 6.69. The first-order chi connectivity index (χ1) is 11.3. The zero-order valence-corrected chi connectivity index (χ0v) is 13.8. The molecule has 0 radical (unpaired) electrons. The van der Waals surface area contributed by atoms with Gasteiger partial charge in [0.05, 0.1) is 5.69 Å². The molecule has 2 aromatic rings. The maximum atomic E-state index is 14.2. The third-order valence-electron chi connectivity index (χ3n) is 3.94. The average molecular weight is 336 g/mol. The summed E-state index contributed by atoms with van der Waals surface area (Å²) in [6.45, 7) is 2.16. The SMILES string of the molecule is NCCc1nnc(SCCC2CCOC2)n1-c1ccccc1F. The van der Waals surface area contributed by atoms with Crippen LogP contribution in [0.3, 0.4) is 0 Å². The predicted octanol–water partition coefficient (Wildman–Crippen LogP) is 2.43. The highest BCUT2D eigenvalue weighted by atomic mass is 32.2. The molecule has 1 fully saturated rings. The van der Waals surface area contributed by atoms with E-state index in [2.05, 4.69) is 10.2 Å². The second kappa shape index (κ2) is 7.90. The van der Waals surface area contributed by atoms with Gasteiger partial charge in [0, 0.05) is 25.4 Å². The molecule has 1 aromatic carbocycles. The molecule has 3 rings (SSSR count). The molecule has 23 heavy (non-hydrogen) atoms. The number of halogens is 1. The van der Waals surface area contributed by atoms with Crippen LogP contribution in [0.15, 0.2) is 29.4 Å². The van der Waals surface area contributed by atoms with Gasteiger partial charge in [0.1, 0.15) is 11.6 Å². The van der Waals surface area contributed by atoms with E-state index in [0.717, 1.165) is 37.0 Å². The van der Waals surface area contributed by atoms with Crippen LogP contribution >= 0.6 is 11.8 Å². The van der Waals surface area contributed by atoms with Crippen LogP contribution in [-0.4, -0.2) is 40.3 Å². The van der Waals surface area contributed by atoms with E-state index in [1.54, 1.807) is 28.5 Å². The molecule has 1 aliphatic heterocycles. The topological polar surface area (TPSA) is 66.0 Å². The normalized spacial score (nSPS) is 17.7. The maximum Gasteiger partial charge on any atom is 0.195 e. The van der Waals surface area contributed by atoms with Gasteiger partial charge in [-0.15, -0.1) is 10.2 Å². The smallest absolute Gasteiger partial charge is 0.195 e. The van der Waals surface area contributed by atoms with Gasteiger partial charge >= 0.3 is 0 Å². The average Bonchev–Trinajstić information content (AvgIpc) is 3.19. The van der Waals surface area contributed by atoms with Gasteiger partial charge in [-0.3, -0.25) is 4.57 Å². The summed E-state index contributed by atoms with van der Waals surface area (Å²) in [5.41, 5.74) is 6.12. The molecule has 7 heteroatoms. The van der Waals surface area contributed by atoms with Crippen molar-refractivity contribution < 1.29 is 9.13 Å². The molecule has 1 saturated heterocycles. The van der Waals surface area contributed by atoms with Gasteiger partial charge in [0.15, 0.2) is 5.16 Å². The van der Waals surface area contributed by atoms with Gasteiger partial charge < -0.3 is 10.5 Å². The second-order valence-corrected chi connectivity index (χ2v) is 6.65. The number of nitrogens with zero attached hydrogens (tertiary/aromatic N) is 3. The molecule has 0 aliphatic carbocycles. The minimum absolute atomic E-state index is 0.281. The third-order valence-corrected chi connectivity index (χ3v) is 4.91. The quantitative estimate of drug-likeness (QED) is 0.787. The van der Waals surface area contributed by atoms with E-state index in [-0.39, 0.29) is 5.82 Å². The van der Waals surface area contributed by atoms with Gasteiger partial charge in [0.2, 0.25) is 0 Å². The first-order valence-electron chi connectivity index (χ1n) is 7.89. The Kier molecular flexibility index (Phi) is 5.64. The summed E-state index contributed by atoms with van der Waals surface area (Å²) in [5, 5.41) is 9.15. The fourth-order valence-electron chi connectivity index (χ4n) is 2.69. The Balaban J connectivity index is 1.78. The van der Waals surface area contributed by atoms with E-state index in [9.17, 15) is 4.39 Å². The van der Waals surface area contributed by atoms with Gasteiger partial charge in [-0.05, 0) is 37.4 Å². The number of hydrogen-bond acceptors (Lipinski definition) is 5. The molecule has 1 aliphatic rings. The lowest BCUT2D eigenvalue weighted by atomic mass is 10.1. The van der Waals surface area contributed by atoms with E-state index in [4.69, 9.17) is 10.5 Å². The van der Waals surface area contributed by atoms with Gasteiger partial charge in [0.25, 0.3) is 0 Å². The number of rotatable bonds is 7. The fraction of sp³-hybridized carbons (Fsp3) is 0.500. The first kappa shape index (κ1) is 16.4. The van der Waals surface area contributed by atoms with E-state index in [0.29, 0.717) is 30.4 Å². The first-order valence-corrected chi connectivity index (χ1v) is 8.88. The Hall–Kier alpha value is -1.44. The number of thioether (sulfide) groups is 1. The number of ether oxygens (including phenoxy) is 1. The number of aromatic nitrogens is 3. The van der Waals surface area contributed by atoms with Crippen LogP contribution in [0.5, 0.6) is 0 Å². The monoisotopic (exact) mass is 336 g/mol. The number of benzene rings is 1. The van der Waals surface area contributed by atoms with E-state index in [1.807, 2.05) is 6.07 Å². The van der Waals surface area contributed by atoms with Gasteiger partial charge in [-0.2, -0.15) is 0 Å². The molecule has 0 spiro atoms. The molecule has 1 aromatic heterocycles. The lowest BCUT2D eigenvalue weighted by molar-refractivity contribution is 0.185. The Morgan fingerprint density at radius 2 is 2.22 bits per heavy atom. The zero-order valence-electron chi connectivity index (χ0n) is 12.9. The minimum Gasteiger partial charge on any atom is -0.381 e. The predicted molar refractivity (Wildman–Crippen MR) is 88.3 cm³/mol. The summed E-state index contributed by atoms with van der Waals surface area (Å²) in [7, 11) is 0. The molecule has 2 heterocycles. The van der Waals surface area contributed by atoms with Crippen molar-refractivity contribution in [2.45, 2.75) is 24.4 Å². The second-order valence-electron chi connectivity index (χ2n) is 5.59. The van der Waals surface area contributed by atoms with Crippen LogP contribution in [0, 0.1) is 11.7 Å². The fourth-order valence-corrected chi connectivity index (χ4v) is 3.75. The molecule has 0 bridgehead atoms. The highest BCUT2D eigenvalue weighted by Gasteiger charge is 2.19. The number of nitrogens with two attached hydrogens (primary N) is 1. The number of hydrogen-bond donors (Lipinski definition) is 1.